The predicted octanol–water partition coefficient (Wildman–Crippen LogP) is 3.02. The van der Waals surface area contributed by atoms with E-state index in [1.807, 2.05) is 0 Å². The quantitative estimate of drug-likeness (QED) is 0.489. The highest BCUT2D eigenvalue weighted by Crippen LogP contribution is 2.26. The molecule has 0 saturated carbocycles. The zero-order valence-electron chi connectivity index (χ0n) is 11.0. The topological polar surface area (TPSA) is 55.9 Å². The van der Waals surface area contributed by atoms with E-state index in [-0.39, 0.29) is 5.75 Å². The summed E-state index contributed by atoms with van der Waals surface area (Å²) in [4.78, 5) is 0. The fourth-order valence-corrected chi connectivity index (χ4v) is 1.53. The van der Waals surface area contributed by atoms with E-state index in [0.29, 0.717) is 6.10 Å². The van der Waals surface area contributed by atoms with Crippen LogP contribution in [0.2, 0.25) is 0 Å². The first-order valence-electron chi connectivity index (χ1n) is 5.84. The van der Waals surface area contributed by atoms with Crippen LogP contribution >= 0.6 is 0 Å². The highest BCUT2D eigenvalue weighted by molar-refractivity contribution is 7.87. The first kappa shape index (κ1) is 16.8. The molecule has 1 aromatic rings. The van der Waals surface area contributed by atoms with Crippen LogP contribution in [0, 0.1) is 6.92 Å². The zero-order chi connectivity index (χ0) is 15.4. The second kappa shape index (κ2) is 6.45. The summed E-state index contributed by atoms with van der Waals surface area (Å²) >= 11 is 0. The molecule has 0 radical (unpaired) electrons. The number of epoxide rings is 1. The average Bonchev–Trinajstić information content (AvgIpc) is 3.15. The Bertz CT molecular complexity index is 519. The predicted molar refractivity (Wildman–Crippen MR) is 66.8 cm³/mol. The number of alkyl halides is 3. The summed E-state index contributed by atoms with van der Waals surface area (Å²) in [7, 11) is -5.56. The fourth-order valence-electron chi connectivity index (χ4n) is 1.07. The van der Waals surface area contributed by atoms with Crippen molar-refractivity contribution in [3.8, 4) is 5.75 Å². The molecule has 20 heavy (non-hydrogen) atoms. The van der Waals surface area contributed by atoms with E-state index in [0.717, 1.165) is 24.3 Å². The van der Waals surface area contributed by atoms with Gasteiger partial charge >= 0.3 is 15.6 Å². The van der Waals surface area contributed by atoms with Gasteiger partial charge in [0.2, 0.25) is 0 Å². The van der Waals surface area contributed by atoms with Crippen molar-refractivity contribution >= 4 is 10.1 Å². The molecular formula is C12H15F3O4S. The van der Waals surface area contributed by atoms with Crippen molar-refractivity contribution in [2.24, 2.45) is 0 Å². The molecule has 1 atom stereocenters. The van der Waals surface area contributed by atoms with Crippen LogP contribution in [0.3, 0.4) is 0 Å². The molecule has 0 amide bonds. The number of aryl methyl sites for hydroxylation is 1. The van der Waals surface area contributed by atoms with Gasteiger partial charge in [0.25, 0.3) is 0 Å². The van der Waals surface area contributed by atoms with E-state index in [4.69, 9.17) is 4.74 Å². The Morgan fingerprint density at radius 3 is 2.10 bits per heavy atom. The Hall–Kier alpha value is -1.28. The molecule has 1 unspecified atom stereocenters. The summed E-state index contributed by atoms with van der Waals surface area (Å²) in [5.41, 5.74) is -4.62. The monoisotopic (exact) mass is 312 g/mol. The summed E-state index contributed by atoms with van der Waals surface area (Å²) in [6.07, 6.45) is 1.83. The molecule has 4 nitrogen and oxygen atoms in total. The van der Waals surface area contributed by atoms with E-state index in [2.05, 4.69) is 11.1 Å². The molecule has 114 valence electrons. The number of hydrogen-bond acceptors (Lipinski definition) is 4. The number of ether oxygens (including phenoxy) is 1. The number of rotatable bonds is 3. The van der Waals surface area contributed by atoms with Gasteiger partial charge in [0, 0.05) is 0 Å². The Labute approximate surface area is 115 Å². The average molecular weight is 312 g/mol. The van der Waals surface area contributed by atoms with Crippen molar-refractivity contribution in [3.05, 3.63) is 29.8 Å². The molecule has 1 heterocycles. The second-order valence-electron chi connectivity index (χ2n) is 4.16. The minimum Gasteiger partial charge on any atom is -0.376 e. The Morgan fingerprint density at radius 2 is 1.80 bits per heavy atom. The molecule has 1 saturated heterocycles. The van der Waals surface area contributed by atoms with Gasteiger partial charge in [0.15, 0.2) is 0 Å². The van der Waals surface area contributed by atoms with Gasteiger partial charge in [-0.1, -0.05) is 24.6 Å². The third-order valence-electron chi connectivity index (χ3n) is 2.37. The van der Waals surface area contributed by atoms with Gasteiger partial charge in [0.05, 0.1) is 12.7 Å². The van der Waals surface area contributed by atoms with E-state index in [1.54, 1.807) is 6.92 Å². The summed E-state index contributed by atoms with van der Waals surface area (Å²) in [5.74, 6) is -0.363. The van der Waals surface area contributed by atoms with Crippen LogP contribution in [0.25, 0.3) is 0 Å². The normalized spacial score (nSPS) is 17.9. The second-order valence-corrected chi connectivity index (χ2v) is 5.70. The molecule has 2 rings (SSSR count). The van der Waals surface area contributed by atoms with Gasteiger partial charge in [-0.05, 0) is 25.5 Å². The van der Waals surface area contributed by atoms with Crippen LogP contribution in [-0.4, -0.2) is 26.6 Å². The molecule has 1 aliphatic rings. The lowest BCUT2D eigenvalue weighted by molar-refractivity contribution is -0.0500. The van der Waals surface area contributed by atoms with Crippen molar-refractivity contribution in [3.63, 3.8) is 0 Å². The molecule has 0 bridgehead atoms. The van der Waals surface area contributed by atoms with Crippen molar-refractivity contribution in [2.45, 2.75) is 31.9 Å². The molecule has 1 fully saturated rings. The minimum atomic E-state index is -5.56. The standard InChI is InChI=1S/C8H7F3O3S.C4H8O/c1-6-2-4-7(5-3-6)14-15(12,13)8(9,10)11;1-2-4-3-5-4/h2-5H,1H3;4H,2-3H2,1H3. The lowest BCUT2D eigenvalue weighted by atomic mass is 10.2. The van der Waals surface area contributed by atoms with Gasteiger partial charge in [-0.2, -0.15) is 21.6 Å². The summed E-state index contributed by atoms with van der Waals surface area (Å²) < 4.78 is 65.5. The highest BCUT2D eigenvalue weighted by atomic mass is 32.2. The van der Waals surface area contributed by atoms with Crippen LogP contribution in [-0.2, 0) is 14.9 Å². The molecular weight excluding hydrogens is 297 g/mol. The van der Waals surface area contributed by atoms with Crippen molar-refractivity contribution in [1.82, 2.24) is 0 Å². The number of halogens is 3. The van der Waals surface area contributed by atoms with Crippen molar-refractivity contribution in [2.75, 3.05) is 6.61 Å². The first-order chi connectivity index (χ1) is 9.15. The Kier molecular flexibility index (Phi) is 5.41. The molecule has 0 aromatic heterocycles. The smallest absolute Gasteiger partial charge is 0.376 e. The molecule has 0 aliphatic carbocycles. The van der Waals surface area contributed by atoms with Gasteiger partial charge in [-0.15, -0.1) is 0 Å². The van der Waals surface area contributed by atoms with E-state index in [9.17, 15) is 21.6 Å². The molecule has 8 heteroatoms. The van der Waals surface area contributed by atoms with Crippen LogP contribution in [0.15, 0.2) is 24.3 Å². The van der Waals surface area contributed by atoms with E-state index in [1.165, 1.54) is 18.6 Å². The van der Waals surface area contributed by atoms with Crippen LogP contribution < -0.4 is 4.18 Å². The molecule has 1 aromatic carbocycles. The SMILES string of the molecule is CCC1CO1.Cc1ccc(OS(=O)(=O)C(F)(F)F)cc1. The van der Waals surface area contributed by atoms with Gasteiger partial charge in [-0.3, -0.25) is 0 Å². The largest absolute Gasteiger partial charge is 0.534 e. The number of hydrogen-bond donors (Lipinski definition) is 0. The maximum Gasteiger partial charge on any atom is 0.534 e. The summed E-state index contributed by atoms with van der Waals surface area (Å²) in [5, 5.41) is 0. The fraction of sp³-hybridized carbons (Fsp3) is 0.500. The zero-order valence-corrected chi connectivity index (χ0v) is 11.8. The van der Waals surface area contributed by atoms with Gasteiger partial charge in [-0.25, -0.2) is 0 Å². The highest BCUT2D eigenvalue weighted by Gasteiger charge is 2.48. The van der Waals surface area contributed by atoms with Crippen LogP contribution in [0.5, 0.6) is 5.75 Å². The Balaban J connectivity index is 0.000000333. The summed E-state index contributed by atoms with van der Waals surface area (Å²) in [6.45, 7) is 4.86. The van der Waals surface area contributed by atoms with Gasteiger partial charge < -0.3 is 8.92 Å². The van der Waals surface area contributed by atoms with Gasteiger partial charge in [0.1, 0.15) is 5.75 Å². The number of benzene rings is 1. The van der Waals surface area contributed by atoms with Crippen molar-refractivity contribution < 1.29 is 30.5 Å². The summed E-state index contributed by atoms with van der Waals surface area (Å²) in [6, 6.07) is 5.19. The maximum absolute atomic E-state index is 11.9. The third-order valence-corrected chi connectivity index (χ3v) is 3.35. The van der Waals surface area contributed by atoms with E-state index >= 15 is 0 Å². The lowest BCUT2D eigenvalue weighted by Crippen LogP contribution is -2.28. The van der Waals surface area contributed by atoms with Crippen molar-refractivity contribution in [1.29, 1.82) is 0 Å². The lowest BCUT2D eigenvalue weighted by Gasteiger charge is -2.09. The molecule has 0 spiro atoms. The minimum absolute atomic E-state index is 0.363. The molecule has 1 aliphatic heterocycles. The van der Waals surface area contributed by atoms with Crippen LogP contribution in [0.1, 0.15) is 18.9 Å². The van der Waals surface area contributed by atoms with E-state index < -0.39 is 15.6 Å². The third kappa shape index (κ3) is 5.38. The Morgan fingerprint density at radius 1 is 1.30 bits per heavy atom. The van der Waals surface area contributed by atoms with Crippen LogP contribution in [0.4, 0.5) is 13.2 Å². The molecule has 0 N–H and O–H groups in total. The first-order valence-corrected chi connectivity index (χ1v) is 7.25. The maximum atomic E-state index is 11.9.